The SMILES string of the molecule is Cc1cc(Cn2c(=O)c3c(ncn3[C@@H](C)C(=O)NC3=CNCC(c4cncc(C(F)(F)F)c4)=N3)n(C)c2=O)no1. The zero-order valence-corrected chi connectivity index (χ0v) is 21.4. The largest absolute Gasteiger partial charge is 0.417 e. The molecule has 4 aromatic rings. The second-order valence-corrected chi connectivity index (χ2v) is 9.08. The lowest BCUT2D eigenvalue weighted by Crippen LogP contribution is -2.40. The van der Waals surface area contributed by atoms with Gasteiger partial charge < -0.3 is 19.7 Å². The number of pyridine rings is 1. The zero-order chi connectivity index (χ0) is 28.8. The van der Waals surface area contributed by atoms with Crippen molar-refractivity contribution in [3.8, 4) is 0 Å². The van der Waals surface area contributed by atoms with E-state index in [-0.39, 0.29) is 41.3 Å². The molecule has 16 heteroatoms. The summed E-state index contributed by atoms with van der Waals surface area (Å²) in [6.07, 6.45) is 0.0646. The molecule has 1 aliphatic rings. The number of fused-ring (bicyclic) bond motifs is 1. The first kappa shape index (κ1) is 26.6. The van der Waals surface area contributed by atoms with Gasteiger partial charge in [-0.05, 0) is 19.9 Å². The summed E-state index contributed by atoms with van der Waals surface area (Å²) in [5.41, 5.74) is -1.38. The second-order valence-electron chi connectivity index (χ2n) is 9.08. The number of aryl methyl sites for hydroxylation is 2. The summed E-state index contributed by atoms with van der Waals surface area (Å²) in [7, 11) is 1.45. The van der Waals surface area contributed by atoms with Gasteiger partial charge in [0.15, 0.2) is 11.2 Å². The van der Waals surface area contributed by atoms with E-state index in [1.165, 1.54) is 41.8 Å². The Hall–Kier alpha value is -5.02. The van der Waals surface area contributed by atoms with Crippen LogP contribution in [0, 0.1) is 6.92 Å². The van der Waals surface area contributed by atoms with Crippen LogP contribution in [0.25, 0.3) is 11.2 Å². The first-order valence-corrected chi connectivity index (χ1v) is 11.9. The molecule has 4 aromatic heterocycles. The highest BCUT2D eigenvalue weighted by atomic mass is 19.4. The van der Waals surface area contributed by atoms with E-state index in [9.17, 15) is 27.6 Å². The normalized spacial score (nSPS) is 14.4. The molecule has 1 atom stereocenters. The van der Waals surface area contributed by atoms with Gasteiger partial charge in [-0.15, -0.1) is 0 Å². The van der Waals surface area contributed by atoms with Crippen LogP contribution >= 0.6 is 0 Å². The molecule has 0 aliphatic carbocycles. The van der Waals surface area contributed by atoms with E-state index in [0.29, 0.717) is 17.7 Å². The fourth-order valence-corrected chi connectivity index (χ4v) is 4.18. The molecule has 0 aromatic carbocycles. The minimum absolute atomic E-state index is 0.0138. The molecule has 0 radical (unpaired) electrons. The number of hydrogen-bond donors (Lipinski definition) is 2. The van der Waals surface area contributed by atoms with E-state index < -0.39 is 34.9 Å². The average molecular weight is 557 g/mol. The smallest absolute Gasteiger partial charge is 0.382 e. The van der Waals surface area contributed by atoms with Gasteiger partial charge in [-0.25, -0.2) is 14.8 Å². The second kappa shape index (κ2) is 9.94. The molecule has 40 heavy (non-hydrogen) atoms. The number of carbonyl (C=O) groups excluding carboxylic acids is 1. The van der Waals surface area contributed by atoms with Crippen LogP contribution in [-0.4, -0.2) is 47.0 Å². The molecule has 1 aliphatic heterocycles. The Kier molecular flexibility index (Phi) is 6.60. The number of imidazole rings is 1. The summed E-state index contributed by atoms with van der Waals surface area (Å²) < 4.78 is 47.8. The molecule has 1 amide bonds. The number of carbonyl (C=O) groups is 1. The van der Waals surface area contributed by atoms with Gasteiger partial charge in [-0.2, -0.15) is 13.2 Å². The highest BCUT2D eigenvalue weighted by Crippen LogP contribution is 2.29. The topological polar surface area (TPSA) is 154 Å². The van der Waals surface area contributed by atoms with E-state index >= 15 is 0 Å². The van der Waals surface area contributed by atoms with Crippen LogP contribution in [0.15, 0.2) is 62.0 Å². The average Bonchev–Trinajstić information content (AvgIpc) is 3.55. The van der Waals surface area contributed by atoms with Crippen molar-refractivity contribution in [3.63, 3.8) is 0 Å². The summed E-state index contributed by atoms with van der Waals surface area (Å²) in [4.78, 5) is 51.5. The predicted octanol–water partition coefficient (Wildman–Crippen LogP) is 1.22. The van der Waals surface area contributed by atoms with Crippen LogP contribution < -0.4 is 21.9 Å². The lowest BCUT2D eigenvalue weighted by atomic mass is 10.1. The van der Waals surface area contributed by atoms with E-state index in [0.717, 1.165) is 10.6 Å². The molecule has 0 spiro atoms. The van der Waals surface area contributed by atoms with E-state index in [4.69, 9.17) is 4.52 Å². The van der Waals surface area contributed by atoms with Gasteiger partial charge in [0.1, 0.15) is 23.3 Å². The lowest BCUT2D eigenvalue weighted by molar-refractivity contribution is -0.137. The quantitative estimate of drug-likeness (QED) is 0.359. The maximum atomic E-state index is 13.4. The molecule has 13 nitrogen and oxygen atoms in total. The number of halogens is 3. The van der Waals surface area contributed by atoms with Crippen LogP contribution in [0.3, 0.4) is 0 Å². The third-order valence-electron chi connectivity index (χ3n) is 6.27. The molecule has 0 bridgehead atoms. The van der Waals surface area contributed by atoms with E-state index in [2.05, 4.69) is 30.8 Å². The Bertz CT molecular complexity index is 1810. The lowest BCUT2D eigenvalue weighted by Gasteiger charge is -2.19. The Morgan fingerprint density at radius 3 is 2.73 bits per heavy atom. The van der Waals surface area contributed by atoms with Crippen molar-refractivity contribution in [3.05, 3.63) is 86.3 Å². The van der Waals surface area contributed by atoms with Crippen molar-refractivity contribution in [2.24, 2.45) is 12.0 Å². The van der Waals surface area contributed by atoms with Crippen molar-refractivity contribution in [2.45, 2.75) is 32.6 Å². The number of nitrogens with zero attached hydrogens (tertiary/aromatic N) is 7. The van der Waals surface area contributed by atoms with Gasteiger partial charge in [0.25, 0.3) is 5.56 Å². The maximum absolute atomic E-state index is 13.4. The molecule has 5 rings (SSSR count). The van der Waals surface area contributed by atoms with Gasteiger partial charge in [-0.3, -0.25) is 23.7 Å². The minimum Gasteiger partial charge on any atom is -0.382 e. The number of amides is 1. The van der Waals surface area contributed by atoms with Gasteiger partial charge in [0, 0.05) is 37.3 Å². The van der Waals surface area contributed by atoms with Crippen molar-refractivity contribution < 1.29 is 22.5 Å². The number of hydrogen-bond acceptors (Lipinski definition) is 9. The van der Waals surface area contributed by atoms with Crippen molar-refractivity contribution in [1.29, 1.82) is 0 Å². The standard InChI is InChI=1S/C24H22F3N9O4/c1-12-4-16(33-40-12)10-35-22(38)19-20(34(3)23(35)39)30-11-36(19)13(2)21(37)32-18-9-29-8-17(31-18)14-5-15(7-28-6-14)24(25,26)27/h4-7,9,11,13,29H,8,10H2,1-3H3,(H,32,37)/t13-/m0/s1. The third-order valence-corrected chi connectivity index (χ3v) is 6.27. The summed E-state index contributed by atoms with van der Waals surface area (Å²) in [6.45, 7) is 3.16. The molecule has 2 N–H and O–H groups in total. The number of aliphatic imine (C=N–C) groups is 1. The molecule has 208 valence electrons. The van der Waals surface area contributed by atoms with Gasteiger partial charge in [0.2, 0.25) is 5.91 Å². The summed E-state index contributed by atoms with van der Waals surface area (Å²) in [5.74, 6) is -0.0319. The molecule has 5 heterocycles. The van der Waals surface area contributed by atoms with E-state index in [1.807, 2.05) is 0 Å². The number of alkyl halides is 3. The molecule has 0 unspecified atom stereocenters. The Morgan fingerprint density at radius 2 is 2.02 bits per heavy atom. The summed E-state index contributed by atoms with van der Waals surface area (Å²) in [5, 5.41) is 9.30. The van der Waals surface area contributed by atoms with E-state index in [1.54, 1.807) is 13.0 Å². The van der Waals surface area contributed by atoms with Crippen LogP contribution in [-0.2, 0) is 24.6 Å². The van der Waals surface area contributed by atoms with Gasteiger partial charge >= 0.3 is 11.9 Å². The summed E-state index contributed by atoms with van der Waals surface area (Å²) >= 11 is 0. The predicted molar refractivity (Wildman–Crippen MR) is 134 cm³/mol. The minimum atomic E-state index is -4.57. The molecule has 0 saturated heterocycles. The fraction of sp³-hybridized carbons (Fsp3) is 0.292. The highest BCUT2D eigenvalue weighted by Gasteiger charge is 2.31. The molecule has 0 saturated carbocycles. The monoisotopic (exact) mass is 557 g/mol. The first-order chi connectivity index (χ1) is 18.9. The van der Waals surface area contributed by atoms with Gasteiger partial charge in [-0.1, -0.05) is 5.16 Å². The fourth-order valence-electron chi connectivity index (χ4n) is 4.18. The third kappa shape index (κ3) is 4.90. The van der Waals surface area contributed by atoms with Crippen LogP contribution in [0.5, 0.6) is 0 Å². The summed E-state index contributed by atoms with van der Waals surface area (Å²) in [6, 6.07) is 1.53. The van der Waals surface area contributed by atoms with Crippen molar-refractivity contribution in [2.75, 3.05) is 6.54 Å². The number of nitrogens with one attached hydrogen (secondary N) is 2. The zero-order valence-electron chi connectivity index (χ0n) is 21.4. The Balaban J connectivity index is 1.42. The molecular formula is C24H22F3N9O4. The molecule has 0 fully saturated rings. The van der Waals surface area contributed by atoms with Gasteiger partial charge in [0.05, 0.1) is 30.7 Å². The van der Waals surface area contributed by atoms with Crippen LogP contribution in [0.2, 0.25) is 0 Å². The van der Waals surface area contributed by atoms with Crippen LogP contribution in [0.1, 0.15) is 35.5 Å². The first-order valence-electron chi connectivity index (χ1n) is 11.9. The van der Waals surface area contributed by atoms with Crippen LogP contribution in [0.4, 0.5) is 13.2 Å². The number of rotatable bonds is 6. The number of aromatic nitrogens is 6. The maximum Gasteiger partial charge on any atom is 0.417 e. The Morgan fingerprint density at radius 1 is 1.25 bits per heavy atom. The van der Waals surface area contributed by atoms with Crippen molar-refractivity contribution in [1.82, 2.24) is 39.5 Å². The van der Waals surface area contributed by atoms with Crippen molar-refractivity contribution >= 4 is 22.8 Å². The Labute approximate surface area is 222 Å². The molecular weight excluding hydrogens is 535 g/mol. The highest BCUT2D eigenvalue weighted by molar-refractivity contribution is 6.03.